The smallest absolute Gasteiger partial charge is 0.253 e. The number of aryl methyl sites for hydroxylation is 1. The summed E-state index contributed by atoms with van der Waals surface area (Å²) in [5.74, 6) is 2.45. The Morgan fingerprint density at radius 2 is 1.89 bits per heavy atom. The summed E-state index contributed by atoms with van der Waals surface area (Å²) in [5, 5.41) is 3.23. The van der Waals surface area contributed by atoms with Crippen LogP contribution in [0.2, 0.25) is 0 Å². The van der Waals surface area contributed by atoms with Crippen LogP contribution in [0.5, 0.6) is 0 Å². The van der Waals surface area contributed by atoms with E-state index in [1.54, 1.807) is 6.20 Å². The highest BCUT2D eigenvalue weighted by Gasteiger charge is 2.30. The molecule has 136 valence electrons. The molecule has 1 aromatic carbocycles. The SMILES string of the molecule is Cc1cc(Nc2ccccn2)nc(C2CCN(C(=O)c3ccccc3)C2)n1. The monoisotopic (exact) mass is 359 g/mol. The number of anilines is 2. The summed E-state index contributed by atoms with van der Waals surface area (Å²) < 4.78 is 0. The molecular weight excluding hydrogens is 338 g/mol. The summed E-state index contributed by atoms with van der Waals surface area (Å²) in [6.07, 6.45) is 2.60. The number of hydrogen-bond donors (Lipinski definition) is 1. The predicted octanol–water partition coefficient (Wildman–Crippen LogP) is 3.55. The van der Waals surface area contributed by atoms with Crippen molar-refractivity contribution >= 4 is 17.5 Å². The van der Waals surface area contributed by atoms with Gasteiger partial charge in [-0.05, 0) is 37.6 Å². The minimum atomic E-state index is 0.0672. The highest BCUT2D eigenvalue weighted by molar-refractivity contribution is 5.94. The van der Waals surface area contributed by atoms with Crippen LogP contribution < -0.4 is 5.32 Å². The number of amides is 1. The van der Waals surface area contributed by atoms with Crippen molar-refractivity contribution in [1.29, 1.82) is 0 Å². The molecule has 2 aromatic heterocycles. The summed E-state index contributed by atoms with van der Waals surface area (Å²) in [4.78, 5) is 28.1. The predicted molar refractivity (Wildman–Crippen MR) is 104 cm³/mol. The van der Waals surface area contributed by atoms with Gasteiger partial charge in [0.05, 0.1) is 0 Å². The fourth-order valence-corrected chi connectivity index (χ4v) is 3.32. The van der Waals surface area contributed by atoms with Gasteiger partial charge in [-0.15, -0.1) is 0 Å². The van der Waals surface area contributed by atoms with E-state index >= 15 is 0 Å². The Morgan fingerprint density at radius 3 is 2.67 bits per heavy atom. The van der Waals surface area contributed by atoms with Crippen molar-refractivity contribution in [1.82, 2.24) is 19.9 Å². The Kier molecular flexibility index (Phi) is 4.78. The standard InChI is InChI=1S/C21H21N5O/c1-15-13-19(24-18-9-5-6-11-22-18)25-20(23-15)17-10-12-26(14-17)21(27)16-7-3-2-4-8-16/h2-9,11,13,17H,10,12,14H2,1H3,(H,22,23,24,25). The minimum absolute atomic E-state index is 0.0672. The molecular formula is C21H21N5O. The van der Waals surface area contributed by atoms with E-state index in [2.05, 4.69) is 20.3 Å². The van der Waals surface area contributed by atoms with Gasteiger partial charge in [-0.1, -0.05) is 24.3 Å². The Labute approximate surface area is 158 Å². The van der Waals surface area contributed by atoms with Crippen molar-refractivity contribution in [2.75, 3.05) is 18.4 Å². The van der Waals surface area contributed by atoms with Gasteiger partial charge in [-0.3, -0.25) is 4.79 Å². The van der Waals surface area contributed by atoms with Crippen molar-refractivity contribution in [3.8, 4) is 0 Å². The molecule has 6 heteroatoms. The van der Waals surface area contributed by atoms with Crippen LogP contribution in [0.1, 0.15) is 34.2 Å². The third kappa shape index (κ3) is 3.95. The van der Waals surface area contributed by atoms with E-state index in [4.69, 9.17) is 0 Å². The number of carbonyl (C=O) groups excluding carboxylic acids is 1. The van der Waals surface area contributed by atoms with Gasteiger partial charge < -0.3 is 10.2 Å². The van der Waals surface area contributed by atoms with Gasteiger partial charge in [0.15, 0.2) is 0 Å². The first-order valence-corrected chi connectivity index (χ1v) is 9.07. The van der Waals surface area contributed by atoms with E-state index < -0.39 is 0 Å². The van der Waals surface area contributed by atoms with Gasteiger partial charge in [-0.25, -0.2) is 15.0 Å². The van der Waals surface area contributed by atoms with E-state index in [9.17, 15) is 4.79 Å². The lowest BCUT2D eigenvalue weighted by molar-refractivity contribution is 0.0790. The minimum Gasteiger partial charge on any atom is -0.338 e. The third-order valence-corrected chi connectivity index (χ3v) is 4.65. The van der Waals surface area contributed by atoms with E-state index in [0.717, 1.165) is 41.7 Å². The summed E-state index contributed by atoms with van der Waals surface area (Å²) in [6.45, 7) is 3.32. The summed E-state index contributed by atoms with van der Waals surface area (Å²) in [5.41, 5.74) is 1.62. The van der Waals surface area contributed by atoms with Crippen molar-refractivity contribution < 1.29 is 4.79 Å². The molecule has 0 aliphatic carbocycles. The lowest BCUT2D eigenvalue weighted by Crippen LogP contribution is -2.28. The summed E-state index contributed by atoms with van der Waals surface area (Å²) >= 11 is 0. The molecule has 0 spiro atoms. The lowest BCUT2D eigenvalue weighted by atomic mass is 10.1. The molecule has 3 heterocycles. The Bertz CT molecular complexity index is 930. The maximum Gasteiger partial charge on any atom is 0.253 e. The number of benzene rings is 1. The zero-order valence-electron chi connectivity index (χ0n) is 15.2. The number of nitrogens with zero attached hydrogens (tertiary/aromatic N) is 4. The molecule has 1 N–H and O–H groups in total. The molecule has 1 amide bonds. The first kappa shape index (κ1) is 17.1. The molecule has 27 heavy (non-hydrogen) atoms. The second kappa shape index (κ2) is 7.53. The fourth-order valence-electron chi connectivity index (χ4n) is 3.32. The van der Waals surface area contributed by atoms with Gasteiger partial charge >= 0.3 is 0 Å². The highest BCUT2D eigenvalue weighted by atomic mass is 16.2. The number of nitrogens with one attached hydrogen (secondary N) is 1. The molecule has 0 bridgehead atoms. The Hall–Kier alpha value is -3.28. The molecule has 0 saturated carbocycles. The quantitative estimate of drug-likeness (QED) is 0.771. The Balaban J connectivity index is 1.50. The van der Waals surface area contributed by atoms with Crippen molar-refractivity contribution in [3.63, 3.8) is 0 Å². The largest absolute Gasteiger partial charge is 0.338 e. The highest BCUT2D eigenvalue weighted by Crippen LogP contribution is 2.27. The number of hydrogen-bond acceptors (Lipinski definition) is 5. The van der Waals surface area contributed by atoms with Gasteiger partial charge in [0.2, 0.25) is 0 Å². The van der Waals surface area contributed by atoms with E-state index in [-0.39, 0.29) is 11.8 Å². The van der Waals surface area contributed by atoms with Gasteiger partial charge in [0, 0.05) is 42.5 Å². The van der Waals surface area contributed by atoms with Crippen molar-refractivity contribution in [3.05, 3.63) is 77.9 Å². The topological polar surface area (TPSA) is 71.0 Å². The average Bonchev–Trinajstić information content (AvgIpc) is 3.19. The van der Waals surface area contributed by atoms with Crippen LogP contribution in [-0.2, 0) is 0 Å². The number of aromatic nitrogens is 3. The summed E-state index contributed by atoms with van der Waals surface area (Å²) in [6, 6.07) is 17.0. The van der Waals surface area contributed by atoms with E-state index in [1.165, 1.54) is 0 Å². The average molecular weight is 359 g/mol. The molecule has 4 rings (SSSR count). The van der Waals surface area contributed by atoms with E-state index in [0.29, 0.717) is 6.54 Å². The van der Waals surface area contributed by atoms with Crippen molar-refractivity contribution in [2.45, 2.75) is 19.3 Å². The molecule has 1 fully saturated rings. The van der Waals surface area contributed by atoms with Crippen LogP contribution in [-0.4, -0.2) is 38.8 Å². The number of rotatable bonds is 4. The molecule has 1 atom stereocenters. The molecule has 1 aliphatic rings. The van der Waals surface area contributed by atoms with Crippen LogP contribution >= 0.6 is 0 Å². The number of pyridine rings is 1. The maximum atomic E-state index is 12.7. The fraction of sp³-hybridized carbons (Fsp3) is 0.238. The van der Waals surface area contributed by atoms with Crippen LogP contribution in [0.25, 0.3) is 0 Å². The van der Waals surface area contributed by atoms with E-state index in [1.807, 2.05) is 66.4 Å². The molecule has 1 aliphatic heterocycles. The second-order valence-corrected chi connectivity index (χ2v) is 6.70. The van der Waals surface area contributed by atoms with Gasteiger partial charge in [0.25, 0.3) is 5.91 Å². The molecule has 0 radical (unpaired) electrons. The van der Waals surface area contributed by atoms with Gasteiger partial charge in [0.1, 0.15) is 17.5 Å². The molecule has 1 saturated heterocycles. The van der Waals surface area contributed by atoms with Crippen LogP contribution in [0.3, 0.4) is 0 Å². The van der Waals surface area contributed by atoms with Crippen LogP contribution in [0, 0.1) is 6.92 Å². The number of likely N-dealkylation sites (tertiary alicyclic amines) is 1. The van der Waals surface area contributed by atoms with Crippen molar-refractivity contribution in [2.24, 2.45) is 0 Å². The summed E-state index contributed by atoms with van der Waals surface area (Å²) in [7, 11) is 0. The lowest BCUT2D eigenvalue weighted by Gasteiger charge is -2.16. The molecule has 1 unspecified atom stereocenters. The third-order valence-electron chi connectivity index (χ3n) is 4.65. The normalized spacial score (nSPS) is 16.3. The molecule has 6 nitrogen and oxygen atoms in total. The first-order chi connectivity index (χ1) is 13.2. The second-order valence-electron chi connectivity index (χ2n) is 6.70. The first-order valence-electron chi connectivity index (χ1n) is 9.07. The zero-order chi connectivity index (χ0) is 18.6. The number of carbonyl (C=O) groups is 1. The van der Waals surface area contributed by atoms with Crippen LogP contribution in [0.15, 0.2) is 60.8 Å². The van der Waals surface area contributed by atoms with Crippen LogP contribution in [0.4, 0.5) is 11.6 Å². The van der Waals surface area contributed by atoms with Gasteiger partial charge in [-0.2, -0.15) is 0 Å². The molecule has 3 aromatic rings. The Morgan fingerprint density at radius 1 is 1.07 bits per heavy atom. The maximum absolute atomic E-state index is 12.7. The zero-order valence-corrected chi connectivity index (χ0v) is 15.2.